The van der Waals surface area contributed by atoms with Crippen molar-refractivity contribution in [3.63, 3.8) is 0 Å². The second-order valence-electron chi connectivity index (χ2n) is 7.28. The number of aryl methyl sites for hydroxylation is 1. The molecule has 4 heteroatoms. The number of nitrogens with one attached hydrogen (secondary N) is 1. The number of imidazole rings is 1. The molecule has 1 aliphatic rings. The fourth-order valence-electron chi connectivity index (χ4n) is 3.88. The molecule has 1 amide bonds. The number of nitrogens with zero attached hydrogens (tertiary/aromatic N) is 2. The van der Waals surface area contributed by atoms with E-state index in [9.17, 15) is 4.79 Å². The molecule has 1 aromatic carbocycles. The van der Waals surface area contributed by atoms with Crippen LogP contribution >= 0.6 is 0 Å². The van der Waals surface area contributed by atoms with Gasteiger partial charge in [-0.3, -0.25) is 4.79 Å². The largest absolute Gasteiger partial charge is 0.349 e. The van der Waals surface area contributed by atoms with Gasteiger partial charge in [-0.1, -0.05) is 57.6 Å². The van der Waals surface area contributed by atoms with Crippen LogP contribution in [0.1, 0.15) is 70.5 Å². The van der Waals surface area contributed by atoms with Crippen molar-refractivity contribution in [1.29, 1.82) is 0 Å². The van der Waals surface area contributed by atoms with Crippen molar-refractivity contribution >= 4 is 16.9 Å². The number of carbonyl (C=O) groups excluding carboxylic acids is 1. The van der Waals surface area contributed by atoms with Crippen LogP contribution in [0.2, 0.25) is 0 Å². The molecule has 1 aromatic heterocycles. The molecule has 2 aromatic rings. The third kappa shape index (κ3) is 4.62. The maximum Gasteiger partial charge on any atom is 0.223 e. The van der Waals surface area contributed by atoms with Crippen LogP contribution in [0.25, 0.3) is 11.0 Å². The molecule has 1 aliphatic carbocycles. The topological polar surface area (TPSA) is 46.9 Å². The fraction of sp³-hybridized carbons (Fsp3) is 0.619. The molecule has 0 bridgehead atoms. The molecule has 0 radical (unpaired) electrons. The lowest BCUT2D eigenvalue weighted by molar-refractivity contribution is -0.126. The number of carbonyl (C=O) groups is 1. The van der Waals surface area contributed by atoms with Crippen molar-refractivity contribution in [2.75, 3.05) is 0 Å². The smallest absolute Gasteiger partial charge is 0.223 e. The molecule has 0 spiro atoms. The number of benzene rings is 1. The first kappa shape index (κ1) is 18.0. The standard InChI is InChI=1S/C21H31N3O/c1-2-3-4-10-15-24-19-14-9-8-13-18(19)23-20(24)16-22-21(25)17-11-6-5-7-12-17/h8-9,13-14,17H,2-7,10-12,15-16H2,1H3,(H,22,25). The SMILES string of the molecule is CCCCCCn1c(CNC(=O)C2CCCCC2)nc2ccccc21. The predicted octanol–water partition coefficient (Wildman–Crippen LogP) is 4.81. The van der Waals surface area contributed by atoms with E-state index in [1.165, 1.54) is 44.0 Å². The first-order chi connectivity index (χ1) is 12.3. The van der Waals surface area contributed by atoms with Crippen LogP contribution in [0.15, 0.2) is 24.3 Å². The lowest BCUT2D eigenvalue weighted by Crippen LogP contribution is -2.32. The minimum Gasteiger partial charge on any atom is -0.349 e. The molecule has 1 heterocycles. The number of aromatic nitrogens is 2. The van der Waals surface area contributed by atoms with Crippen LogP contribution in [0, 0.1) is 5.92 Å². The van der Waals surface area contributed by atoms with Crippen LogP contribution in [-0.2, 0) is 17.9 Å². The van der Waals surface area contributed by atoms with Gasteiger partial charge in [0, 0.05) is 12.5 Å². The van der Waals surface area contributed by atoms with Gasteiger partial charge in [-0.25, -0.2) is 4.98 Å². The molecular weight excluding hydrogens is 310 g/mol. The number of rotatable bonds is 8. The summed E-state index contributed by atoms with van der Waals surface area (Å²) < 4.78 is 2.30. The van der Waals surface area contributed by atoms with Gasteiger partial charge >= 0.3 is 0 Å². The molecular formula is C21H31N3O. The number of hydrogen-bond acceptors (Lipinski definition) is 2. The van der Waals surface area contributed by atoms with Gasteiger partial charge in [0.05, 0.1) is 17.6 Å². The molecule has 25 heavy (non-hydrogen) atoms. The zero-order chi connectivity index (χ0) is 17.5. The van der Waals surface area contributed by atoms with Gasteiger partial charge in [0.15, 0.2) is 0 Å². The fourth-order valence-corrected chi connectivity index (χ4v) is 3.88. The zero-order valence-electron chi connectivity index (χ0n) is 15.5. The number of unbranched alkanes of at least 4 members (excludes halogenated alkanes) is 3. The van der Waals surface area contributed by atoms with Crippen LogP contribution in [-0.4, -0.2) is 15.5 Å². The van der Waals surface area contributed by atoms with Gasteiger partial charge < -0.3 is 9.88 Å². The summed E-state index contributed by atoms with van der Waals surface area (Å²) in [5.41, 5.74) is 2.21. The van der Waals surface area contributed by atoms with E-state index in [0.29, 0.717) is 6.54 Å². The van der Waals surface area contributed by atoms with Crippen molar-refractivity contribution in [3.05, 3.63) is 30.1 Å². The van der Waals surface area contributed by atoms with Crippen molar-refractivity contribution in [2.24, 2.45) is 5.92 Å². The Bertz CT molecular complexity index is 686. The van der Waals surface area contributed by atoms with Crippen molar-refractivity contribution in [3.8, 4) is 0 Å². The maximum atomic E-state index is 12.4. The molecule has 0 aliphatic heterocycles. The second kappa shape index (κ2) is 9.02. The van der Waals surface area contributed by atoms with E-state index in [0.717, 1.165) is 37.1 Å². The van der Waals surface area contributed by atoms with Gasteiger partial charge in [0.25, 0.3) is 0 Å². The molecule has 0 atom stereocenters. The lowest BCUT2D eigenvalue weighted by Gasteiger charge is -2.20. The second-order valence-corrected chi connectivity index (χ2v) is 7.28. The van der Waals surface area contributed by atoms with Crippen molar-refractivity contribution in [1.82, 2.24) is 14.9 Å². The van der Waals surface area contributed by atoms with Gasteiger partial charge in [-0.05, 0) is 31.4 Å². The maximum absolute atomic E-state index is 12.4. The first-order valence-corrected chi connectivity index (χ1v) is 10.0. The first-order valence-electron chi connectivity index (χ1n) is 10.0. The minimum absolute atomic E-state index is 0.205. The highest BCUT2D eigenvalue weighted by Gasteiger charge is 2.21. The Balaban J connectivity index is 1.67. The number of amides is 1. The van der Waals surface area contributed by atoms with Gasteiger partial charge in [-0.15, -0.1) is 0 Å². The van der Waals surface area contributed by atoms with Gasteiger partial charge in [0.1, 0.15) is 5.82 Å². The van der Waals surface area contributed by atoms with Crippen molar-refractivity contribution in [2.45, 2.75) is 77.8 Å². The average molecular weight is 341 g/mol. The van der Waals surface area contributed by atoms with Crippen LogP contribution in [0.3, 0.4) is 0 Å². The van der Waals surface area contributed by atoms with Crippen LogP contribution in [0.4, 0.5) is 0 Å². The normalized spacial score (nSPS) is 15.6. The number of hydrogen-bond donors (Lipinski definition) is 1. The van der Waals surface area contributed by atoms with E-state index in [-0.39, 0.29) is 11.8 Å². The predicted molar refractivity (Wildman–Crippen MR) is 102 cm³/mol. The Hall–Kier alpha value is -1.84. The Morgan fingerprint density at radius 2 is 1.96 bits per heavy atom. The van der Waals surface area contributed by atoms with E-state index < -0.39 is 0 Å². The third-order valence-electron chi connectivity index (χ3n) is 5.37. The van der Waals surface area contributed by atoms with E-state index in [4.69, 9.17) is 4.98 Å². The Morgan fingerprint density at radius 1 is 1.16 bits per heavy atom. The zero-order valence-corrected chi connectivity index (χ0v) is 15.5. The molecule has 1 N–H and O–H groups in total. The summed E-state index contributed by atoms with van der Waals surface area (Å²) in [6.07, 6.45) is 10.7. The molecule has 4 nitrogen and oxygen atoms in total. The minimum atomic E-state index is 0.205. The molecule has 0 saturated heterocycles. The highest BCUT2D eigenvalue weighted by molar-refractivity contribution is 5.79. The van der Waals surface area contributed by atoms with Crippen molar-refractivity contribution < 1.29 is 4.79 Å². The third-order valence-corrected chi connectivity index (χ3v) is 5.37. The average Bonchev–Trinajstić information content (AvgIpc) is 3.01. The molecule has 3 rings (SSSR count). The van der Waals surface area contributed by atoms with E-state index in [1.54, 1.807) is 0 Å². The van der Waals surface area contributed by atoms with Gasteiger partial charge in [-0.2, -0.15) is 0 Å². The molecule has 0 unspecified atom stereocenters. The monoisotopic (exact) mass is 341 g/mol. The number of fused-ring (bicyclic) bond motifs is 1. The highest BCUT2D eigenvalue weighted by atomic mass is 16.1. The summed E-state index contributed by atoms with van der Waals surface area (Å²) in [4.78, 5) is 17.2. The highest BCUT2D eigenvalue weighted by Crippen LogP contribution is 2.24. The van der Waals surface area contributed by atoms with Gasteiger partial charge in [0.2, 0.25) is 5.91 Å². The Labute approximate surface area is 151 Å². The summed E-state index contributed by atoms with van der Waals surface area (Å²) in [5, 5.41) is 3.15. The summed E-state index contributed by atoms with van der Waals surface area (Å²) in [6.45, 7) is 3.76. The summed E-state index contributed by atoms with van der Waals surface area (Å²) >= 11 is 0. The van der Waals surface area contributed by atoms with E-state index in [1.807, 2.05) is 6.07 Å². The summed E-state index contributed by atoms with van der Waals surface area (Å²) in [6, 6.07) is 8.29. The molecule has 136 valence electrons. The van der Waals surface area contributed by atoms with E-state index in [2.05, 4.69) is 35.0 Å². The van der Waals surface area contributed by atoms with Crippen LogP contribution in [0.5, 0.6) is 0 Å². The molecule has 1 saturated carbocycles. The summed E-state index contributed by atoms with van der Waals surface area (Å²) in [5.74, 6) is 1.40. The lowest BCUT2D eigenvalue weighted by atomic mass is 9.89. The Morgan fingerprint density at radius 3 is 2.76 bits per heavy atom. The van der Waals surface area contributed by atoms with Crippen LogP contribution < -0.4 is 5.32 Å². The summed E-state index contributed by atoms with van der Waals surface area (Å²) in [7, 11) is 0. The molecule has 1 fully saturated rings. The Kier molecular flexibility index (Phi) is 6.48. The quantitative estimate of drug-likeness (QED) is 0.700. The van der Waals surface area contributed by atoms with E-state index >= 15 is 0 Å². The number of para-hydroxylation sites is 2.